The van der Waals surface area contributed by atoms with E-state index in [1.54, 1.807) is 0 Å². The topological polar surface area (TPSA) is 43.3 Å². The third-order valence-corrected chi connectivity index (χ3v) is 3.66. The average Bonchev–Trinajstić information content (AvgIpc) is 2.85. The second kappa shape index (κ2) is 5.10. The zero-order valence-electron chi connectivity index (χ0n) is 11.9. The number of hydrogen-bond donors (Lipinski definition) is 1. The summed E-state index contributed by atoms with van der Waals surface area (Å²) in [6, 6.07) is 12.5. The monoisotopic (exact) mass is 265 g/mol. The molecule has 20 heavy (non-hydrogen) atoms. The van der Waals surface area contributed by atoms with Crippen molar-refractivity contribution < 1.29 is 0 Å². The number of imidazole rings is 1. The van der Waals surface area contributed by atoms with Crippen LogP contribution < -0.4 is 5.73 Å². The Morgan fingerprint density at radius 1 is 1.10 bits per heavy atom. The molecule has 102 valence electrons. The first-order valence-corrected chi connectivity index (χ1v) is 7.00. The molecule has 2 heterocycles. The Hall–Kier alpha value is -2.13. The Morgan fingerprint density at radius 2 is 1.85 bits per heavy atom. The second-order valence-electron chi connectivity index (χ2n) is 5.10. The molecule has 0 atom stereocenters. The van der Waals surface area contributed by atoms with Gasteiger partial charge in [0.2, 0.25) is 0 Å². The Balaban J connectivity index is 2.19. The van der Waals surface area contributed by atoms with E-state index in [9.17, 15) is 0 Å². The maximum atomic E-state index is 5.65. The van der Waals surface area contributed by atoms with Gasteiger partial charge in [-0.1, -0.05) is 37.3 Å². The van der Waals surface area contributed by atoms with Crippen molar-refractivity contribution in [2.24, 2.45) is 5.73 Å². The molecule has 0 spiro atoms. The number of fused-ring (bicyclic) bond motifs is 1. The van der Waals surface area contributed by atoms with Crippen molar-refractivity contribution in [1.29, 1.82) is 0 Å². The largest absolute Gasteiger partial charge is 0.326 e. The third-order valence-electron chi connectivity index (χ3n) is 3.66. The van der Waals surface area contributed by atoms with Gasteiger partial charge in [0.1, 0.15) is 5.65 Å². The fourth-order valence-electron chi connectivity index (χ4n) is 2.57. The highest BCUT2D eigenvalue weighted by Gasteiger charge is 2.12. The summed E-state index contributed by atoms with van der Waals surface area (Å²) >= 11 is 0. The predicted molar refractivity (Wildman–Crippen MR) is 82.6 cm³/mol. The summed E-state index contributed by atoms with van der Waals surface area (Å²) < 4.78 is 2.20. The highest BCUT2D eigenvalue weighted by Crippen LogP contribution is 2.25. The smallest absolute Gasteiger partial charge is 0.137 e. The molecular formula is C17H19N3. The van der Waals surface area contributed by atoms with Crippen LogP contribution in [0, 0.1) is 6.92 Å². The lowest BCUT2D eigenvalue weighted by Crippen LogP contribution is -1.96. The fourth-order valence-corrected chi connectivity index (χ4v) is 2.57. The van der Waals surface area contributed by atoms with E-state index in [-0.39, 0.29) is 0 Å². The molecular weight excluding hydrogens is 246 g/mol. The first kappa shape index (κ1) is 12.9. The van der Waals surface area contributed by atoms with E-state index < -0.39 is 0 Å². The van der Waals surface area contributed by atoms with Crippen molar-refractivity contribution in [1.82, 2.24) is 9.38 Å². The van der Waals surface area contributed by atoms with Gasteiger partial charge < -0.3 is 10.1 Å². The first-order chi connectivity index (χ1) is 9.72. The summed E-state index contributed by atoms with van der Waals surface area (Å²) in [6.45, 7) is 4.85. The van der Waals surface area contributed by atoms with Gasteiger partial charge in [-0.3, -0.25) is 0 Å². The van der Waals surface area contributed by atoms with Crippen LogP contribution in [0.25, 0.3) is 16.9 Å². The van der Waals surface area contributed by atoms with E-state index in [1.165, 1.54) is 11.3 Å². The molecule has 0 aliphatic carbocycles. The SMILES string of the molecule is CCc1c(-c2ccc(CN)cc2)nc2ccc(C)cn12. The Labute approximate surface area is 119 Å². The van der Waals surface area contributed by atoms with Crippen LogP contribution >= 0.6 is 0 Å². The van der Waals surface area contributed by atoms with Crippen LogP contribution in [0.15, 0.2) is 42.6 Å². The van der Waals surface area contributed by atoms with Gasteiger partial charge in [0, 0.05) is 18.3 Å². The van der Waals surface area contributed by atoms with E-state index >= 15 is 0 Å². The van der Waals surface area contributed by atoms with Crippen molar-refractivity contribution in [2.45, 2.75) is 26.8 Å². The zero-order valence-corrected chi connectivity index (χ0v) is 11.9. The van der Waals surface area contributed by atoms with Gasteiger partial charge in [0.05, 0.1) is 11.4 Å². The van der Waals surface area contributed by atoms with E-state index in [4.69, 9.17) is 10.7 Å². The van der Waals surface area contributed by atoms with Gasteiger partial charge >= 0.3 is 0 Å². The molecule has 2 aromatic heterocycles. The molecule has 0 unspecified atom stereocenters. The van der Waals surface area contributed by atoms with E-state index in [0.29, 0.717) is 6.54 Å². The van der Waals surface area contributed by atoms with Gasteiger partial charge in [-0.15, -0.1) is 0 Å². The van der Waals surface area contributed by atoms with Gasteiger partial charge in [0.15, 0.2) is 0 Å². The van der Waals surface area contributed by atoms with Crippen LogP contribution in [0.5, 0.6) is 0 Å². The molecule has 3 nitrogen and oxygen atoms in total. The second-order valence-corrected chi connectivity index (χ2v) is 5.10. The van der Waals surface area contributed by atoms with Crippen LogP contribution in [0.1, 0.15) is 23.7 Å². The lowest BCUT2D eigenvalue weighted by atomic mass is 10.1. The summed E-state index contributed by atoms with van der Waals surface area (Å²) in [5.74, 6) is 0. The van der Waals surface area contributed by atoms with E-state index in [0.717, 1.165) is 28.9 Å². The summed E-state index contributed by atoms with van der Waals surface area (Å²) in [5.41, 5.74) is 12.5. The molecule has 0 aliphatic heterocycles. The number of hydrogen-bond acceptors (Lipinski definition) is 2. The number of aromatic nitrogens is 2. The van der Waals surface area contributed by atoms with Crippen molar-refractivity contribution in [3.63, 3.8) is 0 Å². The molecule has 0 saturated carbocycles. The minimum Gasteiger partial charge on any atom is -0.326 e. The molecule has 3 aromatic rings. The van der Waals surface area contributed by atoms with Gasteiger partial charge in [-0.2, -0.15) is 0 Å². The third kappa shape index (κ3) is 2.10. The number of rotatable bonds is 3. The molecule has 1 aromatic carbocycles. The quantitative estimate of drug-likeness (QED) is 0.789. The van der Waals surface area contributed by atoms with Crippen molar-refractivity contribution in [3.8, 4) is 11.3 Å². The van der Waals surface area contributed by atoms with Gasteiger partial charge in [-0.05, 0) is 30.5 Å². The molecule has 3 rings (SSSR count). The number of pyridine rings is 1. The Kier molecular flexibility index (Phi) is 3.28. The molecule has 0 bridgehead atoms. The lowest BCUT2D eigenvalue weighted by Gasteiger charge is -2.04. The molecule has 2 N–H and O–H groups in total. The standard InChI is InChI=1S/C17H19N3/c1-3-15-17(14-7-5-13(10-18)6-8-14)19-16-9-4-12(2)11-20(15)16/h4-9,11H,3,10,18H2,1-2H3. The number of aryl methyl sites for hydroxylation is 2. The zero-order chi connectivity index (χ0) is 14.1. The molecule has 0 saturated heterocycles. The minimum absolute atomic E-state index is 0.575. The normalized spacial score (nSPS) is 11.2. The molecule has 3 heteroatoms. The van der Waals surface area contributed by atoms with Gasteiger partial charge in [0.25, 0.3) is 0 Å². The van der Waals surface area contributed by atoms with Crippen molar-refractivity contribution in [3.05, 3.63) is 59.4 Å². The number of benzene rings is 1. The lowest BCUT2D eigenvalue weighted by molar-refractivity contribution is 0.990. The highest BCUT2D eigenvalue weighted by atomic mass is 15.0. The van der Waals surface area contributed by atoms with Crippen molar-refractivity contribution >= 4 is 5.65 Å². The Morgan fingerprint density at radius 3 is 2.50 bits per heavy atom. The molecule has 0 aliphatic rings. The first-order valence-electron chi connectivity index (χ1n) is 7.00. The minimum atomic E-state index is 0.575. The molecule has 0 fully saturated rings. The number of nitrogens with two attached hydrogens (primary N) is 1. The maximum absolute atomic E-state index is 5.65. The van der Waals surface area contributed by atoms with Crippen LogP contribution in [0.2, 0.25) is 0 Å². The Bertz CT molecular complexity index is 739. The molecule has 0 amide bonds. The van der Waals surface area contributed by atoms with Gasteiger partial charge in [-0.25, -0.2) is 4.98 Å². The highest BCUT2D eigenvalue weighted by molar-refractivity contribution is 5.67. The summed E-state index contributed by atoms with van der Waals surface area (Å²) in [7, 11) is 0. The van der Waals surface area contributed by atoms with Crippen LogP contribution in [-0.2, 0) is 13.0 Å². The summed E-state index contributed by atoms with van der Waals surface area (Å²) in [5, 5.41) is 0. The maximum Gasteiger partial charge on any atom is 0.137 e. The van der Waals surface area contributed by atoms with E-state index in [1.807, 2.05) is 0 Å². The summed E-state index contributed by atoms with van der Waals surface area (Å²) in [4.78, 5) is 4.78. The van der Waals surface area contributed by atoms with Crippen LogP contribution in [-0.4, -0.2) is 9.38 Å². The predicted octanol–water partition coefficient (Wildman–Crippen LogP) is 3.33. The fraction of sp³-hybridized carbons (Fsp3) is 0.235. The van der Waals surface area contributed by atoms with Crippen molar-refractivity contribution in [2.75, 3.05) is 0 Å². The van der Waals surface area contributed by atoms with Crippen LogP contribution in [0.4, 0.5) is 0 Å². The van der Waals surface area contributed by atoms with E-state index in [2.05, 4.69) is 60.8 Å². The number of nitrogens with zero attached hydrogens (tertiary/aromatic N) is 2. The summed E-state index contributed by atoms with van der Waals surface area (Å²) in [6.07, 6.45) is 3.11. The average molecular weight is 265 g/mol. The van der Waals surface area contributed by atoms with Crippen LogP contribution in [0.3, 0.4) is 0 Å². The molecule has 0 radical (unpaired) electrons.